The Morgan fingerprint density at radius 3 is 2.33 bits per heavy atom. The summed E-state index contributed by atoms with van der Waals surface area (Å²) in [6.45, 7) is 0. The summed E-state index contributed by atoms with van der Waals surface area (Å²) < 4.78 is 0. The van der Waals surface area contributed by atoms with E-state index in [1.807, 2.05) is 30.3 Å². The lowest BCUT2D eigenvalue weighted by Crippen LogP contribution is -2.48. The van der Waals surface area contributed by atoms with Gasteiger partial charge in [0, 0.05) is 23.9 Å². The lowest BCUT2D eigenvalue weighted by atomic mass is 9.90. The fourth-order valence-corrected chi connectivity index (χ4v) is 2.86. The Kier molecular flexibility index (Phi) is 3.05. The van der Waals surface area contributed by atoms with Crippen LogP contribution in [0, 0.1) is 0 Å². The second-order valence-corrected chi connectivity index (χ2v) is 5.07. The fraction of sp³-hybridized carbons (Fsp3) is 0.400. The van der Waals surface area contributed by atoms with Crippen LogP contribution < -0.4 is 10.6 Å². The van der Waals surface area contributed by atoms with Crippen molar-refractivity contribution in [2.75, 3.05) is 0 Å². The van der Waals surface area contributed by atoms with Crippen LogP contribution in [0.2, 0.25) is 0 Å². The largest absolute Gasteiger partial charge is 0.380 e. The summed E-state index contributed by atoms with van der Waals surface area (Å²) in [6, 6.07) is 10.7. The Morgan fingerprint density at radius 1 is 0.944 bits per heavy atom. The van der Waals surface area contributed by atoms with Gasteiger partial charge in [-0.2, -0.15) is 0 Å². The van der Waals surface area contributed by atoms with Crippen molar-refractivity contribution in [3.63, 3.8) is 0 Å². The van der Waals surface area contributed by atoms with Gasteiger partial charge in [0.2, 0.25) is 5.91 Å². The van der Waals surface area contributed by atoms with Crippen LogP contribution in [0.15, 0.2) is 36.4 Å². The van der Waals surface area contributed by atoms with Crippen molar-refractivity contribution in [1.29, 1.82) is 0 Å². The summed E-state index contributed by atoms with van der Waals surface area (Å²) in [5.41, 5.74) is 2.03. The molecule has 1 fully saturated rings. The number of hydrogen-bond donors (Lipinski definition) is 2. The minimum atomic E-state index is 0.0238. The van der Waals surface area contributed by atoms with Crippen LogP contribution in [-0.4, -0.2) is 18.0 Å². The molecule has 3 rings (SSSR count). The summed E-state index contributed by atoms with van der Waals surface area (Å²) in [7, 11) is 0. The van der Waals surface area contributed by atoms with Gasteiger partial charge < -0.3 is 10.6 Å². The normalized spacial score (nSPS) is 27.3. The van der Waals surface area contributed by atoms with Crippen molar-refractivity contribution in [1.82, 2.24) is 10.6 Å². The second-order valence-electron chi connectivity index (χ2n) is 5.07. The lowest BCUT2D eigenvalue weighted by Gasteiger charge is -2.31. The first-order valence-corrected chi connectivity index (χ1v) is 6.67. The number of amides is 1. The molecule has 0 radical (unpaired) electrons. The molecule has 1 saturated carbocycles. The van der Waals surface area contributed by atoms with Crippen molar-refractivity contribution in [3.8, 4) is 0 Å². The maximum Gasteiger partial charge on any atom is 0.246 e. The van der Waals surface area contributed by atoms with E-state index in [0.29, 0.717) is 6.04 Å². The van der Waals surface area contributed by atoms with Crippen LogP contribution >= 0.6 is 0 Å². The van der Waals surface area contributed by atoms with E-state index in [1.165, 1.54) is 12.8 Å². The van der Waals surface area contributed by atoms with Crippen LogP contribution in [0.25, 0.3) is 5.70 Å². The molecule has 1 aliphatic carbocycles. The van der Waals surface area contributed by atoms with E-state index in [2.05, 4.69) is 10.6 Å². The molecule has 2 N–H and O–H groups in total. The van der Waals surface area contributed by atoms with E-state index in [1.54, 1.807) is 6.08 Å². The third kappa shape index (κ3) is 2.26. The predicted octanol–water partition coefficient (Wildman–Crippen LogP) is 2.06. The smallest absolute Gasteiger partial charge is 0.246 e. The van der Waals surface area contributed by atoms with E-state index in [0.717, 1.165) is 24.1 Å². The van der Waals surface area contributed by atoms with E-state index in [9.17, 15) is 4.79 Å². The first-order chi connectivity index (χ1) is 8.83. The Balaban J connectivity index is 1.88. The highest BCUT2D eigenvalue weighted by Crippen LogP contribution is 2.23. The zero-order chi connectivity index (χ0) is 12.4. The molecule has 2 aliphatic rings. The predicted molar refractivity (Wildman–Crippen MR) is 71.7 cm³/mol. The SMILES string of the molecule is O=C1C=C(c2ccccc2)N[C@H]2CCCC[C@@H]2N1. The summed E-state index contributed by atoms with van der Waals surface area (Å²) in [4.78, 5) is 11.9. The molecule has 3 nitrogen and oxygen atoms in total. The van der Waals surface area contributed by atoms with Gasteiger partial charge >= 0.3 is 0 Å². The van der Waals surface area contributed by atoms with Crippen molar-refractivity contribution in [2.24, 2.45) is 0 Å². The molecule has 0 bridgehead atoms. The maximum atomic E-state index is 11.9. The quantitative estimate of drug-likeness (QED) is 0.791. The third-order valence-corrected chi connectivity index (χ3v) is 3.79. The summed E-state index contributed by atoms with van der Waals surface area (Å²) in [5, 5.41) is 6.65. The van der Waals surface area contributed by atoms with Crippen molar-refractivity contribution >= 4 is 11.6 Å². The van der Waals surface area contributed by atoms with Crippen LogP contribution in [0.1, 0.15) is 31.2 Å². The molecular formula is C15H18N2O. The highest BCUT2D eigenvalue weighted by Gasteiger charge is 2.29. The Bertz CT molecular complexity index is 467. The Labute approximate surface area is 107 Å². The van der Waals surface area contributed by atoms with Crippen molar-refractivity contribution < 1.29 is 4.79 Å². The van der Waals surface area contributed by atoms with Gasteiger partial charge in [0.1, 0.15) is 0 Å². The van der Waals surface area contributed by atoms with E-state index in [-0.39, 0.29) is 11.9 Å². The lowest BCUT2D eigenvalue weighted by molar-refractivity contribution is -0.117. The highest BCUT2D eigenvalue weighted by atomic mass is 16.1. The van der Waals surface area contributed by atoms with Gasteiger partial charge in [-0.15, -0.1) is 0 Å². The Morgan fingerprint density at radius 2 is 1.61 bits per heavy atom. The summed E-state index contributed by atoms with van der Waals surface area (Å²) >= 11 is 0. The molecule has 1 aromatic carbocycles. The molecule has 3 heteroatoms. The Hall–Kier alpha value is -1.77. The average Bonchev–Trinajstić information content (AvgIpc) is 2.57. The van der Waals surface area contributed by atoms with E-state index >= 15 is 0 Å². The molecule has 1 heterocycles. The topological polar surface area (TPSA) is 41.1 Å². The van der Waals surface area contributed by atoms with Gasteiger partial charge in [-0.25, -0.2) is 0 Å². The van der Waals surface area contributed by atoms with Gasteiger partial charge in [-0.1, -0.05) is 43.2 Å². The number of benzene rings is 1. The molecule has 0 aromatic heterocycles. The second kappa shape index (κ2) is 4.84. The van der Waals surface area contributed by atoms with Crippen molar-refractivity contribution in [3.05, 3.63) is 42.0 Å². The minimum Gasteiger partial charge on any atom is -0.380 e. The molecule has 1 amide bonds. The van der Waals surface area contributed by atoms with E-state index < -0.39 is 0 Å². The third-order valence-electron chi connectivity index (χ3n) is 3.79. The molecule has 2 atom stereocenters. The summed E-state index contributed by atoms with van der Waals surface area (Å²) in [5.74, 6) is 0.0238. The average molecular weight is 242 g/mol. The molecule has 0 unspecified atom stereocenters. The van der Waals surface area contributed by atoms with Crippen LogP contribution in [0.4, 0.5) is 0 Å². The van der Waals surface area contributed by atoms with Crippen LogP contribution in [-0.2, 0) is 4.79 Å². The van der Waals surface area contributed by atoms with Gasteiger partial charge in [0.15, 0.2) is 0 Å². The number of hydrogen-bond acceptors (Lipinski definition) is 2. The maximum absolute atomic E-state index is 11.9. The standard InChI is InChI=1S/C15H18N2O/c18-15-10-14(11-6-2-1-3-7-11)16-12-8-4-5-9-13(12)17-15/h1-3,6-7,10,12-13,16H,4-5,8-9H2,(H,17,18)/t12-,13-/m0/s1. The molecule has 0 saturated heterocycles. The van der Waals surface area contributed by atoms with Gasteiger partial charge in [-0.3, -0.25) is 4.79 Å². The fourth-order valence-electron chi connectivity index (χ4n) is 2.86. The van der Waals surface area contributed by atoms with Gasteiger partial charge in [0.05, 0.1) is 0 Å². The molecule has 1 aliphatic heterocycles. The molecule has 94 valence electrons. The van der Waals surface area contributed by atoms with Crippen molar-refractivity contribution in [2.45, 2.75) is 37.8 Å². The first-order valence-electron chi connectivity index (χ1n) is 6.67. The zero-order valence-electron chi connectivity index (χ0n) is 10.4. The number of carbonyl (C=O) groups excluding carboxylic acids is 1. The van der Waals surface area contributed by atoms with Crippen LogP contribution in [0.5, 0.6) is 0 Å². The number of fused-ring (bicyclic) bond motifs is 1. The highest BCUT2D eigenvalue weighted by molar-refractivity contribution is 5.95. The number of rotatable bonds is 1. The molecule has 18 heavy (non-hydrogen) atoms. The number of nitrogens with one attached hydrogen (secondary N) is 2. The summed E-state index contributed by atoms with van der Waals surface area (Å²) in [6.07, 6.45) is 6.36. The van der Waals surface area contributed by atoms with Gasteiger partial charge in [-0.05, 0) is 18.4 Å². The van der Waals surface area contributed by atoms with Gasteiger partial charge in [0.25, 0.3) is 0 Å². The molecule has 1 aromatic rings. The molecular weight excluding hydrogens is 224 g/mol. The minimum absolute atomic E-state index is 0.0238. The molecule has 0 spiro atoms. The van der Waals surface area contributed by atoms with Crippen LogP contribution in [0.3, 0.4) is 0 Å². The number of carbonyl (C=O) groups is 1. The zero-order valence-corrected chi connectivity index (χ0v) is 10.4. The monoisotopic (exact) mass is 242 g/mol. The first kappa shape index (κ1) is 11.3. The van der Waals surface area contributed by atoms with E-state index in [4.69, 9.17) is 0 Å².